The van der Waals surface area contributed by atoms with E-state index in [4.69, 9.17) is 5.41 Å². The SMILES string of the molecule is C/C=C(\C=NC)C1(C=N)Cc2cc(C)ccc21. The zero-order chi connectivity index (χ0) is 12.5. The van der Waals surface area contributed by atoms with Crippen LogP contribution in [0.25, 0.3) is 0 Å². The first kappa shape index (κ1) is 11.8. The quantitative estimate of drug-likeness (QED) is 0.769. The molecule has 1 unspecified atom stereocenters. The Balaban J connectivity index is 2.50. The second-order valence-corrected chi connectivity index (χ2v) is 4.58. The highest BCUT2D eigenvalue weighted by Gasteiger charge is 2.43. The van der Waals surface area contributed by atoms with Crippen LogP contribution in [0.2, 0.25) is 0 Å². The lowest BCUT2D eigenvalue weighted by molar-refractivity contribution is 0.611. The van der Waals surface area contributed by atoms with E-state index >= 15 is 0 Å². The van der Waals surface area contributed by atoms with Crippen LogP contribution >= 0.6 is 0 Å². The molecule has 88 valence electrons. The summed E-state index contributed by atoms with van der Waals surface area (Å²) >= 11 is 0. The zero-order valence-corrected chi connectivity index (χ0v) is 10.6. The monoisotopic (exact) mass is 226 g/mol. The van der Waals surface area contributed by atoms with Gasteiger partial charge in [0, 0.05) is 19.5 Å². The van der Waals surface area contributed by atoms with Crippen LogP contribution in [0.3, 0.4) is 0 Å². The molecular weight excluding hydrogens is 208 g/mol. The third-order valence-corrected chi connectivity index (χ3v) is 3.55. The minimum Gasteiger partial charge on any atom is -0.312 e. The molecule has 0 saturated carbocycles. The van der Waals surface area contributed by atoms with E-state index in [1.165, 1.54) is 16.7 Å². The van der Waals surface area contributed by atoms with Crippen molar-refractivity contribution in [2.24, 2.45) is 4.99 Å². The molecule has 1 aromatic carbocycles. The normalized spacial score (nSPS) is 23.4. The topological polar surface area (TPSA) is 36.2 Å². The fourth-order valence-electron chi connectivity index (χ4n) is 2.65. The molecule has 1 aliphatic carbocycles. The number of rotatable bonds is 3. The Labute approximate surface area is 103 Å². The lowest BCUT2D eigenvalue weighted by Gasteiger charge is -2.42. The smallest absolute Gasteiger partial charge is 0.0602 e. The Morgan fingerprint density at radius 2 is 2.24 bits per heavy atom. The lowest BCUT2D eigenvalue weighted by atomic mass is 9.60. The van der Waals surface area contributed by atoms with Gasteiger partial charge in [-0.25, -0.2) is 0 Å². The van der Waals surface area contributed by atoms with E-state index in [2.05, 4.69) is 36.2 Å². The maximum atomic E-state index is 7.78. The minimum atomic E-state index is -0.239. The summed E-state index contributed by atoms with van der Waals surface area (Å²) < 4.78 is 0. The van der Waals surface area contributed by atoms with E-state index in [0.29, 0.717) is 0 Å². The standard InChI is InChI=1S/C15H18N2/c1-4-13(9-17-3)15(10-16)8-12-7-11(2)5-6-14(12)15/h4-7,9-10,16H,8H2,1-3H3/b13-4+,16-10?,17-9?. The molecule has 2 nitrogen and oxygen atoms in total. The van der Waals surface area contributed by atoms with Crippen LogP contribution in [0.15, 0.2) is 34.8 Å². The molecule has 0 aromatic heterocycles. The van der Waals surface area contributed by atoms with Crippen LogP contribution in [-0.4, -0.2) is 19.5 Å². The fourth-order valence-corrected chi connectivity index (χ4v) is 2.65. The van der Waals surface area contributed by atoms with Gasteiger partial charge in [0.1, 0.15) is 0 Å². The van der Waals surface area contributed by atoms with Crippen molar-refractivity contribution >= 4 is 12.4 Å². The molecule has 1 aliphatic rings. The molecule has 1 aromatic rings. The Morgan fingerprint density at radius 1 is 1.47 bits per heavy atom. The maximum absolute atomic E-state index is 7.78. The summed E-state index contributed by atoms with van der Waals surface area (Å²) in [6.07, 6.45) is 6.40. The van der Waals surface area contributed by atoms with Crippen molar-refractivity contribution in [2.45, 2.75) is 25.7 Å². The molecule has 2 heteroatoms. The van der Waals surface area contributed by atoms with Crippen molar-refractivity contribution in [3.8, 4) is 0 Å². The average molecular weight is 226 g/mol. The highest BCUT2D eigenvalue weighted by Crippen LogP contribution is 2.44. The minimum absolute atomic E-state index is 0.239. The van der Waals surface area contributed by atoms with Gasteiger partial charge in [-0.1, -0.05) is 29.8 Å². The van der Waals surface area contributed by atoms with Gasteiger partial charge in [0.25, 0.3) is 0 Å². The summed E-state index contributed by atoms with van der Waals surface area (Å²) in [4.78, 5) is 4.10. The molecular formula is C15H18N2. The van der Waals surface area contributed by atoms with E-state index in [1.54, 1.807) is 13.3 Å². The summed E-state index contributed by atoms with van der Waals surface area (Å²) in [5.74, 6) is 0. The molecule has 0 radical (unpaired) electrons. The Morgan fingerprint density at radius 3 is 2.76 bits per heavy atom. The van der Waals surface area contributed by atoms with Crippen LogP contribution in [0.1, 0.15) is 23.6 Å². The summed E-state index contributed by atoms with van der Waals surface area (Å²) in [5, 5.41) is 7.78. The second kappa shape index (κ2) is 4.28. The molecule has 17 heavy (non-hydrogen) atoms. The number of nitrogens with one attached hydrogen (secondary N) is 1. The van der Waals surface area contributed by atoms with Crippen LogP contribution in [0, 0.1) is 12.3 Å². The van der Waals surface area contributed by atoms with Gasteiger partial charge in [-0.05, 0) is 37.0 Å². The fraction of sp³-hybridized carbons (Fsp3) is 0.333. The highest BCUT2D eigenvalue weighted by atomic mass is 14.7. The third kappa shape index (κ3) is 1.64. The van der Waals surface area contributed by atoms with Gasteiger partial charge in [0.05, 0.1) is 5.41 Å². The van der Waals surface area contributed by atoms with E-state index in [0.717, 1.165) is 12.0 Å². The first-order valence-electron chi connectivity index (χ1n) is 5.88. The van der Waals surface area contributed by atoms with Crippen LogP contribution < -0.4 is 0 Å². The summed E-state index contributed by atoms with van der Waals surface area (Å²) in [6, 6.07) is 6.48. The number of benzene rings is 1. The van der Waals surface area contributed by atoms with Gasteiger partial charge in [0.15, 0.2) is 0 Å². The van der Waals surface area contributed by atoms with Crippen molar-refractivity contribution in [1.29, 1.82) is 5.41 Å². The van der Waals surface area contributed by atoms with Crippen molar-refractivity contribution < 1.29 is 0 Å². The molecule has 1 N–H and O–H groups in total. The van der Waals surface area contributed by atoms with Crippen molar-refractivity contribution in [2.75, 3.05) is 7.05 Å². The third-order valence-electron chi connectivity index (χ3n) is 3.55. The van der Waals surface area contributed by atoms with Crippen molar-refractivity contribution in [3.05, 3.63) is 46.5 Å². The molecule has 1 atom stereocenters. The first-order valence-corrected chi connectivity index (χ1v) is 5.88. The Hall–Kier alpha value is -1.70. The summed E-state index contributed by atoms with van der Waals surface area (Å²) in [5.41, 5.74) is 4.78. The first-order chi connectivity index (χ1) is 8.17. The highest BCUT2D eigenvalue weighted by molar-refractivity contribution is 5.95. The van der Waals surface area contributed by atoms with Crippen LogP contribution in [-0.2, 0) is 11.8 Å². The van der Waals surface area contributed by atoms with E-state index in [1.807, 2.05) is 13.1 Å². The number of allylic oxidation sites excluding steroid dienone is 2. The Kier molecular flexibility index (Phi) is 2.97. The van der Waals surface area contributed by atoms with Gasteiger partial charge in [-0.3, -0.25) is 4.99 Å². The molecule has 0 bridgehead atoms. The number of nitrogens with zero attached hydrogens (tertiary/aromatic N) is 1. The molecule has 0 amide bonds. The van der Waals surface area contributed by atoms with Gasteiger partial charge in [-0.15, -0.1) is 0 Å². The lowest BCUT2D eigenvalue weighted by Crippen LogP contribution is -2.42. The molecule has 2 rings (SSSR count). The van der Waals surface area contributed by atoms with E-state index in [-0.39, 0.29) is 5.41 Å². The average Bonchev–Trinajstić information content (AvgIpc) is 2.31. The number of aryl methyl sites for hydroxylation is 1. The number of hydrogen-bond donors (Lipinski definition) is 1. The van der Waals surface area contributed by atoms with Gasteiger partial charge in [0.2, 0.25) is 0 Å². The van der Waals surface area contributed by atoms with E-state index in [9.17, 15) is 0 Å². The molecule has 0 fully saturated rings. The predicted molar refractivity (Wildman–Crippen MR) is 73.5 cm³/mol. The number of aliphatic imine (C=N–C) groups is 1. The Bertz CT molecular complexity index is 512. The van der Waals surface area contributed by atoms with Crippen molar-refractivity contribution in [1.82, 2.24) is 0 Å². The predicted octanol–water partition coefficient (Wildman–Crippen LogP) is 3.09. The van der Waals surface area contributed by atoms with Gasteiger partial charge >= 0.3 is 0 Å². The van der Waals surface area contributed by atoms with Gasteiger partial charge in [-0.2, -0.15) is 0 Å². The van der Waals surface area contributed by atoms with E-state index < -0.39 is 0 Å². The zero-order valence-electron chi connectivity index (χ0n) is 10.6. The number of fused-ring (bicyclic) bond motifs is 1. The second-order valence-electron chi connectivity index (χ2n) is 4.58. The molecule has 0 heterocycles. The van der Waals surface area contributed by atoms with Crippen LogP contribution in [0.5, 0.6) is 0 Å². The largest absolute Gasteiger partial charge is 0.312 e. The summed E-state index contributed by atoms with van der Waals surface area (Å²) in [6.45, 7) is 4.11. The molecule has 0 saturated heterocycles. The number of hydrogen-bond acceptors (Lipinski definition) is 2. The van der Waals surface area contributed by atoms with Crippen molar-refractivity contribution in [3.63, 3.8) is 0 Å². The molecule has 0 aliphatic heterocycles. The van der Waals surface area contributed by atoms with Gasteiger partial charge < -0.3 is 5.41 Å². The maximum Gasteiger partial charge on any atom is 0.0602 e. The summed E-state index contributed by atoms with van der Waals surface area (Å²) in [7, 11) is 1.77. The molecule has 0 spiro atoms. The van der Waals surface area contributed by atoms with Crippen LogP contribution in [0.4, 0.5) is 0 Å².